The zero-order chi connectivity index (χ0) is 14.4. The minimum atomic E-state index is 0.828. The molecule has 2 aliphatic heterocycles. The minimum Gasteiger partial charge on any atom is -0.311 e. The van der Waals surface area contributed by atoms with Gasteiger partial charge in [0.25, 0.3) is 0 Å². The largest absolute Gasteiger partial charge is 0.311 e. The fourth-order valence-corrected chi connectivity index (χ4v) is 4.28. The molecule has 2 bridgehead atoms. The van der Waals surface area contributed by atoms with Crippen LogP contribution in [0.1, 0.15) is 78.6 Å². The lowest BCUT2D eigenvalue weighted by atomic mass is 9.94. The second-order valence-corrected chi connectivity index (χ2v) is 7.17. The average molecular weight is 280 g/mol. The van der Waals surface area contributed by atoms with E-state index in [4.69, 9.17) is 0 Å². The van der Waals surface area contributed by atoms with Crippen molar-refractivity contribution < 1.29 is 0 Å². The predicted molar refractivity (Wildman–Crippen MR) is 88.1 cm³/mol. The first-order chi connectivity index (χ1) is 9.76. The summed E-state index contributed by atoms with van der Waals surface area (Å²) in [5, 5.41) is 3.79. The molecule has 2 heterocycles. The van der Waals surface area contributed by atoms with E-state index in [1.807, 2.05) is 0 Å². The summed E-state index contributed by atoms with van der Waals surface area (Å²) in [5.41, 5.74) is 0. The summed E-state index contributed by atoms with van der Waals surface area (Å²) in [4.78, 5) is 2.86. The van der Waals surface area contributed by atoms with E-state index in [2.05, 4.69) is 31.0 Å². The van der Waals surface area contributed by atoms with Crippen LogP contribution in [0.3, 0.4) is 0 Å². The lowest BCUT2D eigenvalue weighted by Gasteiger charge is -2.39. The van der Waals surface area contributed by atoms with Gasteiger partial charge < -0.3 is 10.2 Å². The molecule has 2 fully saturated rings. The summed E-state index contributed by atoms with van der Waals surface area (Å²) in [6.07, 6.45) is 12.5. The first-order valence-corrected chi connectivity index (χ1v) is 9.26. The van der Waals surface area contributed by atoms with Gasteiger partial charge in [-0.15, -0.1) is 0 Å². The van der Waals surface area contributed by atoms with Gasteiger partial charge in [0.05, 0.1) is 0 Å². The van der Waals surface area contributed by atoms with Crippen molar-refractivity contribution in [1.29, 1.82) is 0 Å². The highest BCUT2D eigenvalue weighted by Gasteiger charge is 2.36. The second-order valence-electron chi connectivity index (χ2n) is 7.17. The molecule has 0 aliphatic carbocycles. The summed E-state index contributed by atoms with van der Waals surface area (Å²) in [6, 6.07) is 2.52. The predicted octanol–water partition coefficient (Wildman–Crippen LogP) is 4.20. The number of fused-ring (bicyclic) bond motifs is 2. The molecule has 2 aliphatic rings. The molecule has 2 rings (SSSR count). The van der Waals surface area contributed by atoms with E-state index in [0.29, 0.717) is 0 Å². The topological polar surface area (TPSA) is 15.3 Å². The number of rotatable bonds is 9. The van der Waals surface area contributed by atoms with E-state index in [-0.39, 0.29) is 0 Å². The molecule has 3 unspecified atom stereocenters. The molecular formula is C18H36N2. The number of piperidine rings is 1. The SMILES string of the molecule is CCCCC(CC)CN(CCC)C1CC2CCC(C1)N2. The van der Waals surface area contributed by atoms with Crippen molar-refractivity contribution in [2.75, 3.05) is 13.1 Å². The monoisotopic (exact) mass is 280 g/mol. The standard InChI is InChI=1S/C18H36N2/c1-4-7-8-15(6-3)14-20(11-5-2)18-12-16-9-10-17(13-18)19-16/h15-19H,4-14H2,1-3H3. The Bertz CT molecular complexity index is 254. The first kappa shape index (κ1) is 16.3. The van der Waals surface area contributed by atoms with Crippen molar-refractivity contribution in [2.45, 2.75) is 96.7 Å². The van der Waals surface area contributed by atoms with Crippen LogP contribution < -0.4 is 5.32 Å². The molecular weight excluding hydrogens is 244 g/mol. The second kappa shape index (κ2) is 8.38. The molecule has 0 aromatic rings. The Morgan fingerprint density at radius 1 is 1.05 bits per heavy atom. The summed E-state index contributed by atoms with van der Waals surface area (Å²) in [5.74, 6) is 0.925. The van der Waals surface area contributed by atoms with Crippen LogP contribution in [0.2, 0.25) is 0 Å². The number of nitrogens with zero attached hydrogens (tertiary/aromatic N) is 1. The molecule has 3 atom stereocenters. The molecule has 2 saturated heterocycles. The smallest absolute Gasteiger partial charge is 0.0125 e. The molecule has 1 N–H and O–H groups in total. The average Bonchev–Trinajstić information content (AvgIpc) is 2.80. The highest BCUT2D eigenvalue weighted by Crippen LogP contribution is 2.30. The maximum atomic E-state index is 3.79. The van der Waals surface area contributed by atoms with Crippen LogP contribution in [0.25, 0.3) is 0 Å². The van der Waals surface area contributed by atoms with Crippen LogP contribution >= 0.6 is 0 Å². The fraction of sp³-hybridized carbons (Fsp3) is 1.00. The number of hydrogen-bond acceptors (Lipinski definition) is 2. The molecule has 2 heteroatoms. The lowest BCUT2D eigenvalue weighted by molar-refractivity contribution is 0.117. The molecule has 0 radical (unpaired) electrons. The van der Waals surface area contributed by atoms with Crippen molar-refractivity contribution >= 4 is 0 Å². The maximum absolute atomic E-state index is 3.79. The number of unbranched alkanes of at least 4 members (excludes halogenated alkanes) is 1. The van der Waals surface area contributed by atoms with Gasteiger partial charge in [0.2, 0.25) is 0 Å². The Kier molecular flexibility index (Phi) is 6.83. The minimum absolute atomic E-state index is 0.828. The van der Waals surface area contributed by atoms with E-state index in [1.54, 1.807) is 0 Å². The molecule has 2 nitrogen and oxygen atoms in total. The van der Waals surface area contributed by atoms with Gasteiger partial charge in [-0.05, 0) is 51.0 Å². The van der Waals surface area contributed by atoms with Gasteiger partial charge >= 0.3 is 0 Å². The Morgan fingerprint density at radius 3 is 2.30 bits per heavy atom. The van der Waals surface area contributed by atoms with Gasteiger partial charge in [-0.1, -0.05) is 40.0 Å². The Labute approximate surface area is 126 Å². The third-order valence-electron chi connectivity index (χ3n) is 5.51. The fourth-order valence-electron chi connectivity index (χ4n) is 4.28. The molecule has 0 saturated carbocycles. The Morgan fingerprint density at radius 2 is 1.75 bits per heavy atom. The van der Waals surface area contributed by atoms with E-state index in [1.165, 1.54) is 70.9 Å². The summed E-state index contributed by atoms with van der Waals surface area (Å²) in [6.45, 7) is 9.72. The van der Waals surface area contributed by atoms with Crippen LogP contribution in [0.4, 0.5) is 0 Å². The third-order valence-corrected chi connectivity index (χ3v) is 5.51. The number of nitrogens with one attached hydrogen (secondary N) is 1. The van der Waals surface area contributed by atoms with E-state index in [0.717, 1.165) is 24.0 Å². The van der Waals surface area contributed by atoms with Gasteiger partial charge in [0, 0.05) is 24.7 Å². The van der Waals surface area contributed by atoms with Crippen molar-refractivity contribution in [3.63, 3.8) is 0 Å². The molecule has 118 valence electrons. The van der Waals surface area contributed by atoms with Crippen molar-refractivity contribution in [3.8, 4) is 0 Å². The molecule has 0 amide bonds. The zero-order valence-corrected chi connectivity index (χ0v) is 14.0. The van der Waals surface area contributed by atoms with Crippen molar-refractivity contribution in [1.82, 2.24) is 10.2 Å². The lowest BCUT2D eigenvalue weighted by Crippen LogP contribution is -2.49. The van der Waals surface area contributed by atoms with Crippen LogP contribution in [-0.4, -0.2) is 36.1 Å². The van der Waals surface area contributed by atoms with E-state index >= 15 is 0 Å². The molecule has 0 aromatic heterocycles. The number of hydrogen-bond donors (Lipinski definition) is 1. The normalized spacial score (nSPS) is 30.9. The van der Waals surface area contributed by atoms with E-state index < -0.39 is 0 Å². The Balaban J connectivity index is 1.88. The van der Waals surface area contributed by atoms with Gasteiger partial charge in [-0.2, -0.15) is 0 Å². The summed E-state index contributed by atoms with van der Waals surface area (Å²) < 4.78 is 0. The zero-order valence-electron chi connectivity index (χ0n) is 14.0. The highest BCUT2D eigenvalue weighted by molar-refractivity contribution is 4.95. The third kappa shape index (κ3) is 4.46. The molecule has 20 heavy (non-hydrogen) atoms. The quantitative estimate of drug-likeness (QED) is 0.681. The molecule has 0 aromatic carbocycles. The van der Waals surface area contributed by atoms with Gasteiger partial charge in [0.15, 0.2) is 0 Å². The van der Waals surface area contributed by atoms with Crippen LogP contribution in [0, 0.1) is 5.92 Å². The van der Waals surface area contributed by atoms with Crippen molar-refractivity contribution in [2.24, 2.45) is 5.92 Å². The van der Waals surface area contributed by atoms with Crippen LogP contribution in [0.5, 0.6) is 0 Å². The summed E-state index contributed by atoms with van der Waals surface area (Å²) >= 11 is 0. The highest BCUT2D eigenvalue weighted by atomic mass is 15.2. The maximum Gasteiger partial charge on any atom is 0.0125 e. The van der Waals surface area contributed by atoms with Crippen LogP contribution in [-0.2, 0) is 0 Å². The summed E-state index contributed by atoms with van der Waals surface area (Å²) in [7, 11) is 0. The van der Waals surface area contributed by atoms with Crippen molar-refractivity contribution in [3.05, 3.63) is 0 Å². The molecule has 0 spiro atoms. The Hall–Kier alpha value is -0.0800. The van der Waals surface area contributed by atoms with Gasteiger partial charge in [-0.25, -0.2) is 0 Å². The van der Waals surface area contributed by atoms with Crippen LogP contribution in [0.15, 0.2) is 0 Å². The van der Waals surface area contributed by atoms with E-state index in [9.17, 15) is 0 Å². The van der Waals surface area contributed by atoms with Gasteiger partial charge in [-0.3, -0.25) is 0 Å². The first-order valence-electron chi connectivity index (χ1n) is 9.26. The van der Waals surface area contributed by atoms with Gasteiger partial charge in [0.1, 0.15) is 0 Å².